The predicted octanol–water partition coefficient (Wildman–Crippen LogP) is 4.97. The van der Waals surface area contributed by atoms with Crippen LogP contribution in [0.4, 0.5) is 0 Å². The van der Waals surface area contributed by atoms with Crippen LogP contribution in [0.5, 0.6) is 0 Å². The van der Waals surface area contributed by atoms with Crippen LogP contribution >= 0.6 is 0 Å². The molecule has 0 radical (unpaired) electrons. The monoisotopic (exact) mass is 430 g/mol. The third-order valence-electron chi connectivity index (χ3n) is 11.8. The molecule has 31 heavy (non-hydrogen) atoms. The van der Waals surface area contributed by atoms with Gasteiger partial charge in [-0.2, -0.15) is 0 Å². The SMILES string of the molecule is C[C@H]1CC[C@@]2(OC1)O[C@H]1C[C@H]3[C@@H]4C[C@H](O)[C@H]5CC(=O)CC[C@]5(C)[C@H]4CC[C@]3(C)[C@H]1[C@@H]2C. The first kappa shape index (κ1) is 21.1. The highest BCUT2D eigenvalue weighted by molar-refractivity contribution is 5.79. The first-order valence-electron chi connectivity index (χ1n) is 13.2. The number of aliphatic hydroxyl groups excluding tert-OH is 1. The number of ketones is 1. The van der Waals surface area contributed by atoms with Crippen LogP contribution in [0.2, 0.25) is 0 Å². The summed E-state index contributed by atoms with van der Waals surface area (Å²) in [4.78, 5) is 12.2. The molecule has 0 bridgehead atoms. The minimum atomic E-state index is -0.348. The highest BCUT2D eigenvalue weighted by Crippen LogP contribution is 2.71. The van der Waals surface area contributed by atoms with E-state index in [1.165, 1.54) is 19.3 Å². The second kappa shape index (κ2) is 6.79. The van der Waals surface area contributed by atoms with Crippen LogP contribution in [0.25, 0.3) is 0 Å². The van der Waals surface area contributed by atoms with Gasteiger partial charge < -0.3 is 14.6 Å². The van der Waals surface area contributed by atoms with Gasteiger partial charge in [-0.25, -0.2) is 0 Å². The Balaban J connectivity index is 1.28. The van der Waals surface area contributed by atoms with Crippen LogP contribution in [-0.2, 0) is 14.3 Å². The number of hydrogen-bond donors (Lipinski definition) is 1. The highest BCUT2D eigenvalue weighted by Gasteiger charge is 2.69. The summed E-state index contributed by atoms with van der Waals surface area (Å²) >= 11 is 0. The minimum Gasteiger partial charge on any atom is -0.393 e. The lowest BCUT2D eigenvalue weighted by atomic mass is 9.44. The molecule has 174 valence electrons. The zero-order valence-corrected chi connectivity index (χ0v) is 19.9. The number of fused-ring (bicyclic) bond motifs is 7. The largest absolute Gasteiger partial charge is 0.393 e. The van der Waals surface area contributed by atoms with E-state index < -0.39 is 0 Å². The molecule has 1 N–H and O–H groups in total. The van der Waals surface area contributed by atoms with Crippen molar-refractivity contribution >= 4 is 5.78 Å². The van der Waals surface area contributed by atoms with Crippen LogP contribution in [0, 0.1) is 52.3 Å². The van der Waals surface area contributed by atoms with Crippen molar-refractivity contribution in [3.05, 3.63) is 0 Å². The summed E-state index contributed by atoms with van der Waals surface area (Å²) in [5.74, 6) is 3.72. The summed E-state index contributed by atoms with van der Waals surface area (Å²) in [6, 6.07) is 0. The molecule has 0 aromatic carbocycles. The van der Waals surface area contributed by atoms with E-state index in [0.717, 1.165) is 32.3 Å². The van der Waals surface area contributed by atoms with E-state index in [4.69, 9.17) is 9.47 Å². The number of rotatable bonds is 0. The first-order chi connectivity index (χ1) is 14.7. The topological polar surface area (TPSA) is 55.8 Å². The second-order valence-corrected chi connectivity index (χ2v) is 13.1. The summed E-state index contributed by atoms with van der Waals surface area (Å²) in [7, 11) is 0. The van der Waals surface area contributed by atoms with Crippen molar-refractivity contribution in [1.29, 1.82) is 0 Å². The van der Waals surface area contributed by atoms with Crippen molar-refractivity contribution in [3.63, 3.8) is 0 Å². The zero-order valence-electron chi connectivity index (χ0n) is 19.9. The Morgan fingerprint density at radius 1 is 0.968 bits per heavy atom. The molecule has 2 saturated heterocycles. The van der Waals surface area contributed by atoms with Gasteiger partial charge in [0.05, 0.1) is 18.8 Å². The molecule has 0 amide bonds. The van der Waals surface area contributed by atoms with E-state index in [2.05, 4.69) is 27.7 Å². The van der Waals surface area contributed by atoms with Gasteiger partial charge in [-0.3, -0.25) is 4.79 Å². The van der Waals surface area contributed by atoms with Gasteiger partial charge in [0, 0.05) is 25.2 Å². The summed E-state index contributed by atoms with van der Waals surface area (Å²) in [5.41, 5.74) is 0.417. The normalized spacial score (nSPS) is 60.9. The molecule has 4 saturated carbocycles. The number of ether oxygens (including phenoxy) is 2. The zero-order chi connectivity index (χ0) is 21.8. The smallest absolute Gasteiger partial charge is 0.171 e. The van der Waals surface area contributed by atoms with E-state index in [9.17, 15) is 9.90 Å². The average molecular weight is 431 g/mol. The number of carbonyl (C=O) groups excluding carboxylic acids is 1. The molecule has 4 heteroatoms. The Morgan fingerprint density at radius 2 is 1.77 bits per heavy atom. The lowest BCUT2D eigenvalue weighted by Crippen LogP contribution is -2.58. The van der Waals surface area contributed by atoms with Crippen LogP contribution in [0.1, 0.15) is 85.5 Å². The third-order valence-corrected chi connectivity index (χ3v) is 11.8. The van der Waals surface area contributed by atoms with Crippen LogP contribution < -0.4 is 0 Å². The van der Waals surface area contributed by atoms with Crippen LogP contribution in [0.3, 0.4) is 0 Å². The van der Waals surface area contributed by atoms with Crippen LogP contribution in [-0.4, -0.2) is 35.5 Å². The molecule has 4 aliphatic carbocycles. The molecule has 0 unspecified atom stereocenters. The minimum absolute atomic E-state index is 0.131. The summed E-state index contributed by atoms with van der Waals surface area (Å²) < 4.78 is 13.3. The standard InChI is InChI=1S/C27H42O4/c1-15-5-10-27(30-14-15)16(2)24-23(31-27)13-20-18-12-22(29)21-11-17(28)6-8-25(21,3)19(18)7-9-26(20,24)4/h15-16,18-24,29H,5-14H2,1-4H3/t15-,16-,18+,19-,20-,21+,22-,23-,24-,25+,26-,27+/m0/s1. The molecule has 2 aliphatic heterocycles. The van der Waals surface area contributed by atoms with Gasteiger partial charge in [0.15, 0.2) is 5.79 Å². The summed E-state index contributed by atoms with van der Waals surface area (Å²) in [6.45, 7) is 10.5. The Hall–Kier alpha value is -0.450. The molecule has 2 heterocycles. The maximum absolute atomic E-state index is 12.2. The highest BCUT2D eigenvalue weighted by atomic mass is 16.7. The van der Waals surface area contributed by atoms with Gasteiger partial charge in [-0.05, 0) is 84.9 Å². The van der Waals surface area contributed by atoms with Crippen molar-refractivity contribution in [2.24, 2.45) is 52.3 Å². The quantitative estimate of drug-likeness (QED) is 0.589. The molecule has 0 aromatic heterocycles. The number of hydrogen-bond acceptors (Lipinski definition) is 4. The Bertz CT molecular complexity index is 756. The molecule has 4 nitrogen and oxygen atoms in total. The molecule has 12 atom stereocenters. The Kier molecular flexibility index (Phi) is 4.62. The maximum Gasteiger partial charge on any atom is 0.171 e. The van der Waals surface area contributed by atoms with E-state index in [0.29, 0.717) is 60.2 Å². The number of carbonyl (C=O) groups is 1. The lowest BCUT2D eigenvalue weighted by Gasteiger charge is -2.61. The van der Waals surface area contributed by atoms with Crippen LogP contribution in [0.15, 0.2) is 0 Å². The molecule has 6 fully saturated rings. The lowest BCUT2D eigenvalue weighted by molar-refractivity contribution is -0.273. The fourth-order valence-electron chi connectivity index (χ4n) is 10.1. The van der Waals surface area contributed by atoms with E-state index in [1.54, 1.807) is 0 Å². The van der Waals surface area contributed by atoms with Gasteiger partial charge in [0.1, 0.15) is 5.78 Å². The van der Waals surface area contributed by atoms with E-state index in [-0.39, 0.29) is 28.6 Å². The van der Waals surface area contributed by atoms with Crippen molar-refractivity contribution in [3.8, 4) is 0 Å². The Labute approximate surface area is 187 Å². The van der Waals surface area contributed by atoms with Gasteiger partial charge in [-0.15, -0.1) is 0 Å². The second-order valence-electron chi connectivity index (χ2n) is 13.1. The van der Waals surface area contributed by atoms with Gasteiger partial charge in [-0.1, -0.05) is 27.7 Å². The molecule has 1 spiro atoms. The summed E-state index contributed by atoms with van der Waals surface area (Å²) in [5, 5.41) is 11.2. The predicted molar refractivity (Wildman–Crippen MR) is 118 cm³/mol. The maximum atomic E-state index is 12.2. The van der Waals surface area contributed by atoms with Crippen molar-refractivity contribution in [2.45, 2.75) is 103 Å². The van der Waals surface area contributed by atoms with Gasteiger partial charge >= 0.3 is 0 Å². The fraction of sp³-hybridized carbons (Fsp3) is 0.963. The third kappa shape index (κ3) is 2.74. The number of aliphatic hydroxyl groups is 1. The molecule has 6 rings (SSSR count). The van der Waals surface area contributed by atoms with Crippen molar-refractivity contribution in [1.82, 2.24) is 0 Å². The van der Waals surface area contributed by atoms with Gasteiger partial charge in [0.25, 0.3) is 0 Å². The molecule has 0 aromatic rings. The Morgan fingerprint density at radius 3 is 2.52 bits per heavy atom. The average Bonchev–Trinajstić information content (AvgIpc) is 3.17. The van der Waals surface area contributed by atoms with Crippen molar-refractivity contribution in [2.75, 3.05) is 6.61 Å². The fourth-order valence-corrected chi connectivity index (χ4v) is 10.1. The van der Waals surface area contributed by atoms with Crippen molar-refractivity contribution < 1.29 is 19.4 Å². The van der Waals surface area contributed by atoms with E-state index in [1.807, 2.05) is 0 Å². The molecular formula is C27H42O4. The molecule has 6 aliphatic rings. The first-order valence-corrected chi connectivity index (χ1v) is 13.2. The summed E-state index contributed by atoms with van der Waals surface area (Å²) in [6.07, 6.45) is 9.11. The van der Waals surface area contributed by atoms with Gasteiger partial charge in [0.2, 0.25) is 0 Å². The van der Waals surface area contributed by atoms with E-state index >= 15 is 0 Å². The molecular weight excluding hydrogens is 388 g/mol. The number of Topliss-reactive ketones (excluding diaryl/α,β-unsaturated/α-hetero) is 1.